The van der Waals surface area contributed by atoms with Crippen molar-refractivity contribution in [3.63, 3.8) is 0 Å². The van der Waals surface area contributed by atoms with E-state index in [-0.39, 0.29) is 16.9 Å². The molecule has 4 rings (SSSR count). The van der Waals surface area contributed by atoms with Crippen LogP contribution < -0.4 is 10.2 Å². The maximum Gasteiger partial charge on any atom is 0.343 e. The lowest BCUT2D eigenvalue weighted by atomic mass is 10.0. The fourth-order valence-electron chi connectivity index (χ4n) is 3.38. The number of rotatable bonds is 6. The number of hydrogen-bond acceptors (Lipinski definition) is 6. The molecule has 0 heterocycles. The van der Waals surface area contributed by atoms with Crippen molar-refractivity contribution in [2.45, 2.75) is 6.92 Å². The molecule has 168 valence electrons. The van der Waals surface area contributed by atoms with Gasteiger partial charge in [-0.1, -0.05) is 60.2 Å². The van der Waals surface area contributed by atoms with E-state index in [1.165, 1.54) is 24.4 Å². The number of benzene rings is 4. The fraction of sp³-hybridized carbons (Fsp3) is 0.0385. The third kappa shape index (κ3) is 4.81. The van der Waals surface area contributed by atoms with E-state index in [2.05, 4.69) is 10.5 Å². The Hall–Kier alpha value is -4.85. The Morgan fingerprint density at radius 3 is 2.41 bits per heavy atom. The summed E-state index contributed by atoms with van der Waals surface area (Å²) in [6.45, 7) is 1.87. The number of nitrogens with one attached hydrogen (secondary N) is 1. The number of nitrogens with zero attached hydrogens (tertiary/aromatic N) is 2. The zero-order valence-electron chi connectivity index (χ0n) is 18.1. The van der Waals surface area contributed by atoms with E-state index in [4.69, 9.17) is 4.74 Å². The molecule has 8 heteroatoms. The van der Waals surface area contributed by atoms with E-state index in [1.807, 2.05) is 37.3 Å². The number of carbonyl (C=O) groups excluding carboxylic acids is 2. The van der Waals surface area contributed by atoms with E-state index in [0.717, 1.165) is 16.3 Å². The number of ether oxygens (including phenoxy) is 1. The van der Waals surface area contributed by atoms with Crippen molar-refractivity contribution in [3.05, 3.63) is 117 Å². The topological polar surface area (TPSA) is 111 Å². The van der Waals surface area contributed by atoms with Gasteiger partial charge in [0.2, 0.25) is 5.75 Å². The second kappa shape index (κ2) is 9.74. The number of fused-ring (bicyclic) bond motifs is 1. The normalized spacial score (nSPS) is 10.9. The minimum atomic E-state index is -0.747. The SMILES string of the molecule is Cc1ccc(C(=O)Oc2c(/C=N/NC(=O)c3cccc4ccccc34)cccc2[N+](=O)[O-])cc1. The second-order valence-corrected chi connectivity index (χ2v) is 7.43. The monoisotopic (exact) mass is 453 g/mol. The largest absolute Gasteiger partial charge is 0.415 e. The van der Waals surface area contributed by atoms with Crippen LogP contribution >= 0.6 is 0 Å². The van der Waals surface area contributed by atoms with E-state index >= 15 is 0 Å². The molecular formula is C26H19N3O5. The van der Waals surface area contributed by atoms with Crippen molar-refractivity contribution in [2.24, 2.45) is 5.10 Å². The van der Waals surface area contributed by atoms with Crippen LogP contribution in [0.1, 0.15) is 31.8 Å². The first-order chi connectivity index (χ1) is 16.4. The van der Waals surface area contributed by atoms with Gasteiger partial charge < -0.3 is 4.74 Å². The highest BCUT2D eigenvalue weighted by Gasteiger charge is 2.22. The van der Waals surface area contributed by atoms with Crippen molar-refractivity contribution in [2.75, 3.05) is 0 Å². The third-order valence-electron chi connectivity index (χ3n) is 5.11. The molecule has 34 heavy (non-hydrogen) atoms. The Kier molecular flexibility index (Phi) is 6.40. The molecule has 0 aliphatic heterocycles. The summed E-state index contributed by atoms with van der Waals surface area (Å²) in [4.78, 5) is 36.1. The number of carbonyl (C=O) groups is 2. The molecule has 0 atom stereocenters. The number of amides is 1. The van der Waals surface area contributed by atoms with Gasteiger partial charge in [0.1, 0.15) is 0 Å². The maximum absolute atomic E-state index is 12.7. The second-order valence-electron chi connectivity index (χ2n) is 7.43. The Labute approximate surface area is 194 Å². The first-order valence-electron chi connectivity index (χ1n) is 10.3. The van der Waals surface area contributed by atoms with Crippen LogP contribution in [0.25, 0.3) is 10.8 Å². The van der Waals surface area contributed by atoms with Gasteiger partial charge in [0.25, 0.3) is 5.91 Å². The first-order valence-corrected chi connectivity index (χ1v) is 10.3. The summed E-state index contributed by atoms with van der Waals surface area (Å²) in [7, 11) is 0. The quantitative estimate of drug-likeness (QED) is 0.145. The van der Waals surface area contributed by atoms with Crippen molar-refractivity contribution in [1.29, 1.82) is 0 Å². The van der Waals surface area contributed by atoms with Crippen LogP contribution in [0, 0.1) is 17.0 Å². The molecule has 1 amide bonds. The van der Waals surface area contributed by atoms with Gasteiger partial charge in [-0.3, -0.25) is 14.9 Å². The zero-order chi connectivity index (χ0) is 24.1. The van der Waals surface area contributed by atoms with Crippen LogP contribution in [0.15, 0.2) is 90.0 Å². The average Bonchev–Trinajstić information content (AvgIpc) is 2.84. The standard InChI is InChI=1S/C26H19N3O5/c1-17-12-14-19(15-13-17)26(31)34-24-20(8-5-11-23(24)29(32)33)16-27-28-25(30)22-10-4-7-18-6-2-3-9-21(18)22/h2-16H,1H3,(H,28,30)/b27-16+. The summed E-state index contributed by atoms with van der Waals surface area (Å²) in [5.41, 5.74) is 3.82. The van der Waals surface area contributed by atoms with Gasteiger partial charge in [0, 0.05) is 17.2 Å². The molecule has 0 aliphatic rings. The van der Waals surface area contributed by atoms with Gasteiger partial charge in [-0.25, -0.2) is 10.2 Å². The lowest BCUT2D eigenvalue weighted by Gasteiger charge is -2.08. The Balaban J connectivity index is 1.59. The summed E-state index contributed by atoms with van der Waals surface area (Å²) >= 11 is 0. The predicted molar refractivity (Wildman–Crippen MR) is 128 cm³/mol. The van der Waals surface area contributed by atoms with Gasteiger partial charge in [-0.2, -0.15) is 5.10 Å². The summed E-state index contributed by atoms with van der Waals surface area (Å²) in [5, 5.41) is 17.1. The Bertz CT molecular complexity index is 1420. The van der Waals surface area contributed by atoms with E-state index < -0.39 is 22.5 Å². The van der Waals surface area contributed by atoms with Gasteiger partial charge in [0.15, 0.2) is 0 Å². The van der Waals surface area contributed by atoms with Gasteiger partial charge in [-0.05, 0) is 42.0 Å². The molecule has 0 fully saturated rings. The molecule has 8 nitrogen and oxygen atoms in total. The highest BCUT2D eigenvalue weighted by Crippen LogP contribution is 2.31. The molecule has 0 saturated carbocycles. The number of esters is 1. The van der Waals surface area contributed by atoms with Crippen molar-refractivity contribution in [1.82, 2.24) is 5.43 Å². The van der Waals surface area contributed by atoms with Gasteiger partial charge in [-0.15, -0.1) is 0 Å². The van der Waals surface area contributed by atoms with E-state index in [0.29, 0.717) is 5.56 Å². The number of hydrazone groups is 1. The van der Waals surface area contributed by atoms with Crippen LogP contribution in [0.5, 0.6) is 5.75 Å². The number of nitro benzene ring substituents is 1. The van der Waals surface area contributed by atoms with Crippen LogP contribution in [-0.2, 0) is 0 Å². The molecule has 0 saturated heterocycles. The lowest BCUT2D eigenvalue weighted by Crippen LogP contribution is -2.18. The summed E-state index contributed by atoms with van der Waals surface area (Å²) in [6.07, 6.45) is 1.20. The van der Waals surface area contributed by atoms with Crippen LogP contribution in [0.3, 0.4) is 0 Å². The smallest absolute Gasteiger partial charge is 0.343 e. The van der Waals surface area contributed by atoms with Crippen molar-refractivity contribution in [3.8, 4) is 5.75 Å². The molecule has 0 aromatic heterocycles. The molecular weight excluding hydrogens is 434 g/mol. The average molecular weight is 453 g/mol. The minimum absolute atomic E-state index is 0.160. The molecule has 4 aromatic rings. The summed E-state index contributed by atoms with van der Waals surface area (Å²) in [5.74, 6) is -1.46. The maximum atomic E-state index is 12.7. The minimum Gasteiger partial charge on any atom is -0.415 e. The number of hydrogen-bond donors (Lipinski definition) is 1. The molecule has 0 bridgehead atoms. The molecule has 0 aliphatic carbocycles. The van der Waals surface area contributed by atoms with E-state index in [1.54, 1.807) is 36.4 Å². The number of nitro groups is 1. The molecule has 4 aromatic carbocycles. The Morgan fingerprint density at radius 2 is 1.65 bits per heavy atom. The lowest BCUT2D eigenvalue weighted by molar-refractivity contribution is -0.385. The first kappa shape index (κ1) is 22.3. The predicted octanol–water partition coefficient (Wildman–Crippen LogP) is 5.04. The fourth-order valence-corrected chi connectivity index (χ4v) is 3.38. The van der Waals surface area contributed by atoms with Crippen LogP contribution in [0.2, 0.25) is 0 Å². The van der Waals surface area contributed by atoms with Gasteiger partial charge >= 0.3 is 11.7 Å². The Morgan fingerprint density at radius 1 is 0.941 bits per heavy atom. The highest BCUT2D eigenvalue weighted by molar-refractivity contribution is 6.07. The molecule has 0 spiro atoms. The number of para-hydroxylation sites is 1. The van der Waals surface area contributed by atoms with Crippen LogP contribution in [-0.4, -0.2) is 23.0 Å². The highest BCUT2D eigenvalue weighted by atomic mass is 16.6. The summed E-state index contributed by atoms with van der Waals surface area (Å²) in [6, 6.07) is 23.6. The van der Waals surface area contributed by atoms with Crippen LogP contribution in [0.4, 0.5) is 5.69 Å². The zero-order valence-corrected chi connectivity index (χ0v) is 18.1. The molecule has 0 radical (unpaired) electrons. The van der Waals surface area contributed by atoms with Crippen molar-refractivity contribution >= 4 is 34.6 Å². The number of aryl methyl sites for hydroxylation is 1. The summed E-state index contributed by atoms with van der Waals surface area (Å²) < 4.78 is 5.38. The molecule has 1 N–H and O–H groups in total. The van der Waals surface area contributed by atoms with Crippen molar-refractivity contribution < 1.29 is 19.2 Å². The third-order valence-corrected chi connectivity index (χ3v) is 5.11. The molecule has 0 unspecified atom stereocenters. The van der Waals surface area contributed by atoms with Gasteiger partial charge in [0.05, 0.1) is 16.7 Å². The van der Waals surface area contributed by atoms with E-state index in [9.17, 15) is 19.7 Å².